The molecular formula is C23H22ClN3O4. The van der Waals surface area contributed by atoms with Gasteiger partial charge in [0.1, 0.15) is 11.9 Å². The number of benzene rings is 1. The van der Waals surface area contributed by atoms with E-state index in [1.54, 1.807) is 6.07 Å². The van der Waals surface area contributed by atoms with Crippen molar-refractivity contribution in [1.29, 1.82) is 0 Å². The number of nitrogens with zero attached hydrogens (tertiary/aromatic N) is 2. The molecule has 0 spiro atoms. The molecule has 3 aromatic rings. The highest BCUT2D eigenvalue weighted by Gasteiger charge is 2.27. The van der Waals surface area contributed by atoms with Crippen LogP contribution in [0.5, 0.6) is 6.01 Å². The number of halogens is 1. The Morgan fingerprint density at radius 1 is 1.13 bits per heavy atom. The quantitative estimate of drug-likeness (QED) is 0.576. The molecule has 160 valence electrons. The van der Waals surface area contributed by atoms with Crippen LogP contribution in [0.2, 0.25) is 5.02 Å². The number of pyridine rings is 1. The van der Waals surface area contributed by atoms with Crippen LogP contribution in [0.15, 0.2) is 36.4 Å². The van der Waals surface area contributed by atoms with Gasteiger partial charge in [-0.25, -0.2) is 4.98 Å². The van der Waals surface area contributed by atoms with E-state index in [2.05, 4.69) is 21.0 Å². The topological polar surface area (TPSA) is 97.3 Å². The molecule has 0 bridgehead atoms. The minimum atomic E-state index is -0.728. The van der Waals surface area contributed by atoms with Crippen molar-refractivity contribution in [1.82, 2.24) is 15.0 Å². The summed E-state index contributed by atoms with van der Waals surface area (Å²) in [5, 5.41) is 9.66. The van der Waals surface area contributed by atoms with E-state index in [1.165, 1.54) is 0 Å². The summed E-state index contributed by atoms with van der Waals surface area (Å²) in [6.07, 6.45) is 5.60. The third kappa shape index (κ3) is 4.10. The predicted octanol–water partition coefficient (Wildman–Crippen LogP) is 5.06. The van der Waals surface area contributed by atoms with Gasteiger partial charge >= 0.3 is 5.97 Å². The van der Waals surface area contributed by atoms with Gasteiger partial charge in [-0.2, -0.15) is 4.98 Å². The van der Waals surface area contributed by atoms with Gasteiger partial charge in [0.25, 0.3) is 6.01 Å². The Bertz CT molecular complexity index is 1150. The van der Waals surface area contributed by atoms with Gasteiger partial charge in [-0.1, -0.05) is 35.9 Å². The lowest BCUT2D eigenvalue weighted by molar-refractivity contribution is -0.143. The highest BCUT2D eigenvalue weighted by atomic mass is 35.5. The molecule has 1 aromatic carbocycles. The van der Waals surface area contributed by atoms with Crippen molar-refractivity contribution in [3.05, 3.63) is 47.0 Å². The minimum Gasteiger partial charge on any atom is -0.493 e. The maximum atomic E-state index is 11.1. The van der Waals surface area contributed by atoms with Crippen LogP contribution in [0.1, 0.15) is 37.7 Å². The number of carboxylic acid groups (broad SMARTS) is 1. The second-order valence-corrected chi connectivity index (χ2v) is 8.35. The highest BCUT2D eigenvalue weighted by Crippen LogP contribution is 2.32. The molecule has 31 heavy (non-hydrogen) atoms. The lowest BCUT2D eigenvalue weighted by atomic mass is 9.87. The second-order valence-electron chi connectivity index (χ2n) is 7.94. The van der Waals surface area contributed by atoms with E-state index in [0.29, 0.717) is 53.6 Å². The summed E-state index contributed by atoms with van der Waals surface area (Å²) in [7, 11) is 0. The second kappa shape index (κ2) is 8.23. The summed E-state index contributed by atoms with van der Waals surface area (Å²) in [6.45, 7) is 0.728. The number of H-pyrrole nitrogens is 1. The van der Waals surface area contributed by atoms with Crippen molar-refractivity contribution in [2.24, 2.45) is 5.92 Å². The van der Waals surface area contributed by atoms with Crippen molar-refractivity contribution in [2.45, 2.75) is 38.2 Å². The Balaban J connectivity index is 1.34. The first-order valence-electron chi connectivity index (χ1n) is 10.5. The van der Waals surface area contributed by atoms with E-state index < -0.39 is 5.97 Å². The molecule has 0 radical (unpaired) electrons. The van der Waals surface area contributed by atoms with Crippen molar-refractivity contribution in [3.63, 3.8) is 0 Å². The summed E-state index contributed by atoms with van der Waals surface area (Å²) in [6, 6.07) is 10.1. The first-order chi connectivity index (χ1) is 15.1. The van der Waals surface area contributed by atoms with Gasteiger partial charge in [0, 0.05) is 17.5 Å². The van der Waals surface area contributed by atoms with Crippen molar-refractivity contribution in [2.75, 3.05) is 6.61 Å². The molecule has 0 atom stereocenters. The van der Waals surface area contributed by atoms with Crippen LogP contribution >= 0.6 is 11.6 Å². The van der Waals surface area contributed by atoms with Gasteiger partial charge in [0.15, 0.2) is 5.65 Å². The number of carbonyl (C=O) groups is 1. The van der Waals surface area contributed by atoms with E-state index in [1.807, 2.05) is 24.3 Å². The van der Waals surface area contributed by atoms with Gasteiger partial charge in [0.05, 0.1) is 28.8 Å². The zero-order valence-electron chi connectivity index (χ0n) is 16.8. The first-order valence-corrected chi connectivity index (χ1v) is 10.8. The number of aromatic amines is 1. The smallest absolute Gasteiger partial charge is 0.306 e. The summed E-state index contributed by atoms with van der Waals surface area (Å²) < 4.78 is 11.6. The Morgan fingerprint density at radius 2 is 1.87 bits per heavy atom. The summed E-state index contributed by atoms with van der Waals surface area (Å²) >= 11 is 6.51. The molecule has 2 aliphatic rings. The van der Waals surface area contributed by atoms with Crippen LogP contribution < -0.4 is 4.74 Å². The highest BCUT2D eigenvalue weighted by molar-refractivity contribution is 6.33. The van der Waals surface area contributed by atoms with Gasteiger partial charge in [-0.3, -0.25) is 4.79 Å². The molecule has 0 unspecified atom stereocenters. The number of fused-ring (bicyclic) bond motifs is 1. The van der Waals surface area contributed by atoms with E-state index in [0.717, 1.165) is 29.9 Å². The zero-order chi connectivity index (χ0) is 21.4. The van der Waals surface area contributed by atoms with Crippen molar-refractivity contribution < 1.29 is 19.4 Å². The van der Waals surface area contributed by atoms with Gasteiger partial charge < -0.3 is 19.6 Å². The average Bonchev–Trinajstić information content (AvgIpc) is 3.43. The van der Waals surface area contributed by atoms with Gasteiger partial charge in [-0.05, 0) is 37.8 Å². The molecule has 7 nitrogen and oxygen atoms in total. The molecule has 1 aliphatic heterocycles. The fourth-order valence-electron chi connectivity index (χ4n) is 4.15. The number of ether oxygens (including phenoxy) is 2. The van der Waals surface area contributed by atoms with Crippen LogP contribution in [0.25, 0.3) is 28.2 Å². The SMILES string of the molecule is O=C(O)C1CCC(Oc2nc3nc(-c4ccc(C5=CCCO5)cc4)c(Cl)cc3[nH]2)CC1. The average molecular weight is 440 g/mol. The van der Waals surface area contributed by atoms with Crippen molar-refractivity contribution in [3.8, 4) is 17.3 Å². The maximum absolute atomic E-state index is 11.1. The Labute approximate surface area is 184 Å². The summed E-state index contributed by atoms with van der Waals surface area (Å²) in [5.74, 6) is -0.0944. The number of imidazole rings is 1. The van der Waals surface area contributed by atoms with Crippen molar-refractivity contribution >= 4 is 34.5 Å². The lowest BCUT2D eigenvalue weighted by Gasteiger charge is -2.25. The molecule has 1 saturated carbocycles. The molecule has 2 aromatic heterocycles. The molecule has 0 saturated heterocycles. The van der Waals surface area contributed by atoms with Crippen LogP contribution in [0, 0.1) is 5.92 Å². The van der Waals surface area contributed by atoms with E-state index in [-0.39, 0.29) is 12.0 Å². The summed E-state index contributed by atoms with van der Waals surface area (Å²) in [5.41, 5.74) is 3.81. The number of hydrogen-bond donors (Lipinski definition) is 2. The number of rotatable bonds is 5. The predicted molar refractivity (Wildman–Crippen MR) is 117 cm³/mol. The maximum Gasteiger partial charge on any atom is 0.306 e. The molecule has 8 heteroatoms. The third-order valence-corrected chi connectivity index (χ3v) is 6.14. The van der Waals surface area contributed by atoms with E-state index in [4.69, 9.17) is 26.2 Å². The molecule has 1 aliphatic carbocycles. The molecule has 1 fully saturated rings. The van der Waals surface area contributed by atoms with Crippen LogP contribution in [-0.4, -0.2) is 38.7 Å². The fourth-order valence-corrected chi connectivity index (χ4v) is 4.41. The largest absolute Gasteiger partial charge is 0.493 e. The van der Waals surface area contributed by atoms with E-state index >= 15 is 0 Å². The molecular weight excluding hydrogens is 418 g/mol. The number of aliphatic carboxylic acids is 1. The fraction of sp³-hybridized carbons (Fsp3) is 0.348. The first kappa shape index (κ1) is 19.9. The molecule has 2 N–H and O–H groups in total. The van der Waals surface area contributed by atoms with Crippen LogP contribution in [0.3, 0.4) is 0 Å². The Morgan fingerprint density at radius 3 is 2.55 bits per heavy atom. The van der Waals surface area contributed by atoms with Crippen LogP contribution in [-0.2, 0) is 9.53 Å². The monoisotopic (exact) mass is 439 g/mol. The molecule has 0 amide bonds. The standard InChI is InChI=1S/C23H22ClN3O4/c24-17-12-18-21(27-23(25-18)31-16-9-7-15(8-10-16)22(28)29)26-20(17)14-5-3-13(4-6-14)19-2-1-11-30-19/h2-6,12,15-16H,1,7-11H2,(H,28,29)(H,25,26,27). The third-order valence-electron chi connectivity index (χ3n) is 5.85. The van der Waals surface area contributed by atoms with E-state index in [9.17, 15) is 4.79 Å². The number of nitrogens with one attached hydrogen (secondary N) is 1. The number of aromatic nitrogens is 3. The molecule has 3 heterocycles. The van der Waals surface area contributed by atoms with Gasteiger partial charge in [-0.15, -0.1) is 0 Å². The lowest BCUT2D eigenvalue weighted by Crippen LogP contribution is -2.28. The summed E-state index contributed by atoms with van der Waals surface area (Å²) in [4.78, 5) is 23.4. The molecule has 5 rings (SSSR count). The number of carboxylic acids is 1. The number of hydrogen-bond acceptors (Lipinski definition) is 5. The zero-order valence-corrected chi connectivity index (χ0v) is 17.6. The Kier molecular flexibility index (Phi) is 5.28. The Hall–Kier alpha value is -3.06. The van der Waals surface area contributed by atoms with Gasteiger partial charge in [0.2, 0.25) is 0 Å². The van der Waals surface area contributed by atoms with Crippen LogP contribution in [0.4, 0.5) is 0 Å². The minimum absolute atomic E-state index is 0.0502. The normalized spacial score (nSPS) is 21.0.